The number of rotatable bonds is 7. The fourth-order valence-corrected chi connectivity index (χ4v) is 4.74. The number of ether oxygens (including phenoxy) is 4. The van der Waals surface area contributed by atoms with E-state index in [9.17, 15) is 18.8 Å². The molecule has 5 aromatic rings. The average molecular weight is 585 g/mol. The van der Waals surface area contributed by atoms with Crippen molar-refractivity contribution in [2.24, 2.45) is 0 Å². The smallest absolute Gasteiger partial charge is 0.335 e. The first kappa shape index (κ1) is 27.5. The number of nitrogens with one attached hydrogen (secondary N) is 1. The first-order valence-corrected chi connectivity index (χ1v) is 13.3. The minimum atomic E-state index is -0.825. The second-order valence-corrected chi connectivity index (χ2v) is 9.45. The number of carbonyl (C=O) groups is 1. The highest BCUT2D eigenvalue weighted by Gasteiger charge is 2.24. The molecule has 3 aromatic carbocycles. The lowest BCUT2D eigenvalue weighted by Gasteiger charge is -2.23. The molecular weight excluding hydrogens is 559 g/mol. The molecule has 6 rings (SSSR count). The molecule has 43 heavy (non-hydrogen) atoms. The number of hydrogen-bond acceptors (Lipinski definition) is 8. The third-order valence-electron chi connectivity index (χ3n) is 6.83. The number of halogens is 1. The Bertz CT molecular complexity index is 1970. The molecule has 12 heteroatoms. The van der Waals surface area contributed by atoms with E-state index in [-0.39, 0.29) is 17.8 Å². The minimum absolute atomic E-state index is 0.148. The van der Waals surface area contributed by atoms with Gasteiger partial charge in [0.15, 0.2) is 11.5 Å². The van der Waals surface area contributed by atoms with Gasteiger partial charge in [-0.1, -0.05) is 0 Å². The Morgan fingerprint density at radius 3 is 2.42 bits per heavy atom. The largest absolute Gasteiger partial charge is 0.493 e. The van der Waals surface area contributed by atoms with Crippen molar-refractivity contribution in [3.05, 3.63) is 105 Å². The molecule has 2 aromatic heterocycles. The zero-order chi connectivity index (χ0) is 30.1. The van der Waals surface area contributed by atoms with E-state index in [4.69, 9.17) is 18.9 Å². The number of fused-ring (bicyclic) bond motifs is 3. The van der Waals surface area contributed by atoms with E-state index in [0.717, 1.165) is 16.7 Å². The predicted octanol–water partition coefficient (Wildman–Crippen LogP) is 4.53. The van der Waals surface area contributed by atoms with Gasteiger partial charge >= 0.3 is 5.69 Å². The summed E-state index contributed by atoms with van der Waals surface area (Å²) in [5.74, 6) is 1.17. The van der Waals surface area contributed by atoms with Crippen LogP contribution in [0.3, 0.4) is 0 Å². The van der Waals surface area contributed by atoms with Crippen LogP contribution in [0.15, 0.2) is 82.6 Å². The van der Waals surface area contributed by atoms with Crippen LogP contribution in [-0.2, 0) is 6.54 Å². The number of anilines is 1. The lowest BCUT2D eigenvalue weighted by atomic mass is 10.1. The van der Waals surface area contributed by atoms with Gasteiger partial charge in [0.2, 0.25) is 5.75 Å². The second-order valence-electron chi connectivity index (χ2n) is 9.45. The van der Waals surface area contributed by atoms with Crippen molar-refractivity contribution in [1.29, 1.82) is 0 Å². The molecule has 1 amide bonds. The van der Waals surface area contributed by atoms with Crippen LogP contribution in [-0.4, -0.2) is 40.3 Å². The number of hydrogen-bond donors (Lipinski definition) is 1. The van der Waals surface area contributed by atoms with Crippen molar-refractivity contribution in [1.82, 2.24) is 14.1 Å². The van der Waals surface area contributed by atoms with Gasteiger partial charge in [0.25, 0.3) is 11.5 Å². The van der Waals surface area contributed by atoms with E-state index in [1.807, 2.05) is 0 Å². The number of pyridine rings is 1. The second kappa shape index (κ2) is 11.3. The third kappa shape index (κ3) is 5.14. The summed E-state index contributed by atoms with van der Waals surface area (Å²) >= 11 is 0. The molecule has 0 aliphatic carbocycles. The lowest BCUT2D eigenvalue weighted by molar-refractivity contribution is 0.102. The molecule has 1 aliphatic heterocycles. The van der Waals surface area contributed by atoms with Crippen LogP contribution in [0, 0.1) is 5.82 Å². The van der Waals surface area contributed by atoms with Crippen molar-refractivity contribution >= 4 is 22.5 Å². The fraction of sp³-hybridized carbons (Fsp3) is 0.161. The summed E-state index contributed by atoms with van der Waals surface area (Å²) in [4.78, 5) is 43.7. The standard InChI is InChI=1S/C31H25FN4O7/c1-3-35-17-22(30(38)36(31(35)39)20-8-4-18(32)5-9-20)29(37)34-19-6-10-21(11-7-19)43-24-12-13-33-23-16-25(40-2)27-28(26(23)24)42-15-14-41-27/h4-13,16-17H,3,14-15H2,1-2H3,(H,34,37). The van der Waals surface area contributed by atoms with Gasteiger partial charge in [-0.3, -0.25) is 19.1 Å². The van der Waals surface area contributed by atoms with Crippen LogP contribution in [0.5, 0.6) is 28.7 Å². The maximum absolute atomic E-state index is 13.5. The first-order valence-electron chi connectivity index (χ1n) is 13.3. The normalized spacial score (nSPS) is 12.2. The van der Waals surface area contributed by atoms with Crippen molar-refractivity contribution in [2.75, 3.05) is 25.6 Å². The minimum Gasteiger partial charge on any atom is -0.493 e. The van der Waals surface area contributed by atoms with Gasteiger partial charge < -0.3 is 24.3 Å². The van der Waals surface area contributed by atoms with Gasteiger partial charge in [-0.05, 0) is 61.5 Å². The summed E-state index contributed by atoms with van der Waals surface area (Å²) in [5.41, 5.74) is -0.584. The van der Waals surface area contributed by atoms with Crippen LogP contribution in [0.1, 0.15) is 17.3 Å². The van der Waals surface area contributed by atoms with E-state index in [1.54, 1.807) is 56.6 Å². The van der Waals surface area contributed by atoms with Gasteiger partial charge in [-0.15, -0.1) is 0 Å². The third-order valence-corrected chi connectivity index (χ3v) is 6.83. The summed E-state index contributed by atoms with van der Waals surface area (Å²) in [6.45, 7) is 2.67. The van der Waals surface area contributed by atoms with Gasteiger partial charge in [-0.2, -0.15) is 0 Å². The number of aromatic nitrogens is 3. The molecule has 0 fully saturated rings. The summed E-state index contributed by atoms with van der Waals surface area (Å²) in [5, 5.41) is 3.31. The Morgan fingerprint density at radius 1 is 1.00 bits per heavy atom. The van der Waals surface area contributed by atoms with Crippen LogP contribution in [0.4, 0.5) is 10.1 Å². The van der Waals surface area contributed by atoms with Crippen LogP contribution >= 0.6 is 0 Å². The summed E-state index contributed by atoms with van der Waals surface area (Å²) in [6, 6.07) is 14.9. The van der Waals surface area contributed by atoms with Gasteiger partial charge in [-0.25, -0.2) is 13.8 Å². The molecule has 3 heterocycles. The molecule has 0 radical (unpaired) electrons. The molecule has 11 nitrogen and oxygen atoms in total. The summed E-state index contributed by atoms with van der Waals surface area (Å²) in [7, 11) is 1.54. The molecule has 0 atom stereocenters. The van der Waals surface area contributed by atoms with Crippen molar-refractivity contribution in [3.8, 4) is 34.4 Å². The topological polar surface area (TPSA) is 123 Å². The highest BCUT2D eigenvalue weighted by Crippen LogP contribution is 2.48. The number of benzene rings is 3. The van der Waals surface area contributed by atoms with E-state index in [0.29, 0.717) is 58.6 Å². The molecule has 0 saturated carbocycles. The maximum Gasteiger partial charge on any atom is 0.335 e. The highest BCUT2D eigenvalue weighted by atomic mass is 19.1. The van der Waals surface area contributed by atoms with Crippen molar-refractivity contribution < 1.29 is 28.1 Å². The molecule has 1 N–H and O–H groups in total. The van der Waals surface area contributed by atoms with E-state index in [1.165, 1.54) is 22.9 Å². The Balaban J connectivity index is 1.27. The predicted molar refractivity (Wildman–Crippen MR) is 156 cm³/mol. The zero-order valence-electron chi connectivity index (χ0n) is 23.1. The molecule has 0 saturated heterocycles. The zero-order valence-corrected chi connectivity index (χ0v) is 23.1. The molecule has 0 unspecified atom stereocenters. The number of methoxy groups -OCH3 is 1. The van der Waals surface area contributed by atoms with Crippen molar-refractivity contribution in [2.45, 2.75) is 13.5 Å². The van der Waals surface area contributed by atoms with Crippen molar-refractivity contribution in [3.63, 3.8) is 0 Å². The molecule has 1 aliphatic rings. The SMILES string of the molecule is CCn1cc(C(=O)Nc2ccc(Oc3ccnc4cc(OC)c5c(c34)OCCO5)cc2)c(=O)n(-c2ccc(F)cc2)c1=O. The lowest BCUT2D eigenvalue weighted by Crippen LogP contribution is -2.42. The van der Waals surface area contributed by atoms with Crippen LogP contribution in [0.2, 0.25) is 0 Å². The average Bonchev–Trinajstić information content (AvgIpc) is 3.02. The fourth-order valence-electron chi connectivity index (χ4n) is 4.74. The van der Waals surface area contributed by atoms with Crippen LogP contribution < -0.4 is 35.5 Å². The number of amides is 1. The Morgan fingerprint density at radius 2 is 1.72 bits per heavy atom. The van der Waals surface area contributed by atoms with E-state index >= 15 is 0 Å². The van der Waals surface area contributed by atoms with E-state index < -0.39 is 23.0 Å². The quantitative estimate of drug-likeness (QED) is 0.296. The van der Waals surface area contributed by atoms with Gasteiger partial charge in [0, 0.05) is 30.7 Å². The molecule has 218 valence electrons. The number of aryl methyl sites for hydroxylation is 1. The van der Waals surface area contributed by atoms with Gasteiger partial charge in [0.05, 0.1) is 23.7 Å². The first-order chi connectivity index (χ1) is 20.9. The number of nitrogens with zero attached hydrogens (tertiary/aromatic N) is 3. The van der Waals surface area contributed by atoms with E-state index in [2.05, 4.69) is 10.3 Å². The number of carbonyl (C=O) groups excluding carboxylic acids is 1. The molecular formula is C31H25FN4O7. The Kier molecular flexibility index (Phi) is 7.24. The van der Waals surface area contributed by atoms with Gasteiger partial charge in [0.1, 0.15) is 36.1 Å². The Hall–Kier alpha value is -5.65. The Labute approximate surface area is 243 Å². The summed E-state index contributed by atoms with van der Waals surface area (Å²) in [6.07, 6.45) is 2.82. The molecule has 0 bridgehead atoms. The highest BCUT2D eigenvalue weighted by molar-refractivity contribution is 6.04. The molecule has 0 spiro atoms. The maximum atomic E-state index is 13.5. The monoisotopic (exact) mass is 584 g/mol. The summed E-state index contributed by atoms with van der Waals surface area (Å²) < 4.78 is 38.8. The van der Waals surface area contributed by atoms with Crippen LogP contribution in [0.25, 0.3) is 16.6 Å².